The first-order valence-electron chi connectivity index (χ1n) is 5.75. The van der Waals surface area contributed by atoms with Gasteiger partial charge in [-0.3, -0.25) is 0 Å². The summed E-state index contributed by atoms with van der Waals surface area (Å²) in [5, 5.41) is 6.79. The van der Waals surface area contributed by atoms with Crippen molar-refractivity contribution in [2.75, 3.05) is 5.32 Å². The first kappa shape index (κ1) is 12.9. The molecule has 1 N–H and O–H groups in total. The van der Waals surface area contributed by atoms with Gasteiger partial charge in [0.1, 0.15) is 9.34 Å². The summed E-state index contributed by atoms with van der Waals surface area (Å²) < 4.78 is 1.82. The molecule has 0 bridgehead atoms. The number of nitrogens with one attached hydrogen (secondary N) is 1. The number of anilines is 1. The third kappa shape index (κ3) is 2.76. The third-order valence-electron chi connectivity index (χ3n) is 2.83. The monoisotopic (exact) mass is 352 g/mol. The average Bonchev–Trinajstić information content (AvgIpc) is 2.84. The smallest absolute Gasteiger partial charge is 0.113 e. The molecule has 2 aromatic carbocycles. The normalized spacial score (nSPS) is 10.8. The second-order valence-corrected chi connectivity index (χ2v) is 6.65. The van der Waals surface area contributed by atoms with Crippen molar-refractivity contribution < 1.29 is 0 Å². The van der Waals surface area contributed by atoms with Crippen LogP contribution in [-0.2, 0) is 6.54 Å². The fraction of sp³-hybridized carbons (Fsp3) is 0.0714. The van der Waals surface area contributed by atoms with E-state index in [-0.39, 0.29) is 0 Å². The lowest BCUT2D eigenvalue weighted by Crippen LogP contribution is -1.99. The highest BCUT2D eigenvalue weighted by molar-refractivity contribution is 9.10. The van der Waals surface area contributed by atoms with Crippen LogP contribution >= 0.6 is 38.9 Å². The van der Waals surface area contributed by atoms with Crippen LogP contribution in [0.4, 0.5) is 5.69 Å². The van der Waals surface area contributed by atoms with E-state index >= 15 is 0 Å². The van der Waals surface area contributed by atoms with Crippen LogP contribution in [-0.4, -0.2) is 4.98 Å². The molecule has 1 aromatic heterocycles. The van der Waals surface area contributed by atoms with Crippen molar-refractivity contribution in [1.82, 2.24) is 4.98 Å². The van der Waals surface area contributed by atoms with Crippen molar-refractivity contribution in [3.8, 4) is 0 Å². The molecule has 0 spiro atoms. The van der Waals surface area contributed by atoms with Gasteiger partial charge in [-0.25, -0.2) is 4.98 Å². The van der Waals surface area contributed by atoms with Gasteiger partial charge in [0, 0.05) is 15.5 Å². The minimum atomic E-state index is 0.684. The van der Waals surface area contributed by atoms with Gasteiger partial charge in [0.05, 0.1) is 12.7 Å². The maximum atomic E-state index is 5.88. The highest BCUT2D eigenvalue weighted by Crippen LogP contribution is 2.30. The van der Waals surface area contributed by atoms with Gasteiger partial charge in [-0.15, -0.1) is 11.3 Å². The summed E-state index contributed by atoms with van der Waals surface area (Å²) >= 11 is 11.0. The van der Waals surface area contributed by atoms with Crippen molar-refractivity contribution in [2.45, 2.75) is 6.54 Å². The second-order valence-electron chi connectivity index (χ2n) is 4.05. The number of thiazole rings is 1. The maximum Gasteiger partial charge on any atom is 0.113 e. The lowest BCUT2D eigenvalue weighted by atomic mass is 10.1. The Morgan fingerprint density at radius 1 is 1.16 bits per heavy atom. The summed E-state index contributed by atoms with van der Waals surface area (Å²) in [4.78, 5) is 4.24. The molecule has 0 unspecified atom stereocenters. The van der Waals surface area contributed by atoms with Gasteiger partial charge < -0.3 is 5.32 Å². The minimum Gasteiger partial charge on any atom is -0.378 e. The fourth-order valence-corrected chi connectivity index (χ4v) is 3.33. The van der Waals surface area contributed by atoms with E-state index in [0.717, 1.165) is 19.5 Å². The van der Waals surface area contributed by atoms with E-state index in [0.29, 0.717) is 6.54 Å². The van der Waals surface area contributed by atoms with Crippen LogP contribution < -0.4 is 5.32 Å². The predicted octanol–water partition coefficient (Wildman–Crippen LogP) is 5.32. The van der Waals surface area contributed by atoms with E-state index in [4.69, 9.17) is 11.6 Å². The van der Waals surface area contributed by atoms with E-state index < -0.39 is 0 Å². The molecule has 3 aromatic rings. The molecule has 3 rings (SSSR count). The van der Waals surface area contributed by atoms with Crippen LogP contribution in [0.2, 0.25) is 4.34 Å². The van der Waals surface area contributed by atoms with E-state index in [9.17, 15) is 0 Å². The Labute approximate surface area is 128 Å². The quantitative estimate of drug-likeness (QED) is 0.689. The molecule has 0 amide bonds. The van der Waals surface area contributed by atoms with Crippen molar-refractivity contribution in [1.29, 1.82) is 0 Å². The van der Waals surface area contributed by atoms with Crippen LogP contribution in [0.25, 0.3) is 10.8 Å². The van der Waals surface area contributed by atoms with Crippen LogP contribution in [0.3, 0.4) is 0 Å². The lowest BCUT2D eigenvalue weighted by Gasteiger charge is -2.09. The molecule has 0 radical (unpaired) electrons. The molecule has 0 fully saturated rings. The molecule has 0 aliphatic carbocycles. The fourth-order valence-electron chi connectivity index (χ4n) is 1.96. The van der Waals surface area contributed by atoms with Gasteiger partial charge in [-0.1, -0.05) is 51.8 Å². The first-order chi connectivity index (χ1) is 9.24. The summed E-state index contributed by atoms with van der Waals surface area (Å²) in [5.41, 5.74) is 1.10. The van der Waals surface area contributed by atoms with Crippen LogP contribution in [0.5, 0.6) is 0 Å². The van der Waals surface area contributed by atoms with E-state index in [1.54, 1.807) is 6.20 Å². The Morgan fingerprint density at radius 3 is 2.68 bits per heavy atom. The van der Waals surface area contributed by atoms with Crippen molar-refractivity contribution in [2.24, 2.45) is 0 Å². The van der Waals surface area contributed by atoms with Gasteiger partial charge in [-0.2, -0.15) is 0 Å². The number of hydrogen-bond donors (Lipinski definition) is 1. The molecule has 96 valence electrons. The minimum absolute atomic E-state index is 0.684. The van der Waals surface area contributed by atoms with E-state index in [1.165, 1.54) is 22.1 Å². The molecule has 2 nitrogen and oxygen atoms in total. The number of hydrogen-bond acceptors (Lipinski definition) is 3. The Bertz CT molecular complexity index is 726. The highest BCUT2D eigenvalue weighted by Gasteiger charge is 2.05. The summed E-state index contributed by atoms with van der Waals surface area (Å²) in [7, 11) is 0. The summed E-state index contributed by atoms with van der Waals surface area (Å²) in [6.07, 6.45) is 1.68. The second kappa shape index (κ2) is 5.49. The van der Waals surface area contributed by atoms with E-state index in [1.807, 2.05) is 12.1 Å². The van der Waals surface area contributed by atoms with Gasteiger partial charge in [0.15, 0.2) is 0 Å². The van der Waals surface area contributed by atoms with Gasteiger partial charge >= 0.3 is 0 Å². The average molecular weight is 354 g/mol. The maximum absolute atomic E-state index is 5.88. The molecule has 0 aliphatic heterocycles. The van der Waals surface area contributed by atoms with Crippen LogP contribution in [0, 0.1) is 0 Å². The Balaban J connectivity index is 1.91. The van der Waals surface area contributed by atoms with Crippen LogP contribution in [0.15, 0.2) is 47.1 Å². The molecule has 0 aliphatic rings. The van der Waals surface area contributed by atoms with Crippen molar-refractivity contribution >= 4 is 55.3 Å². The lowest BCUT2D eigenvalue weighted by molar-refractivity contribution is 1.11. The van der Waals surface area contributed by atoms with Crippen LogP contribution in [0.1, 0.15) is 5.01 Å². The molecule has 0 saturated carbocycles. The van der Waals surface area contributed by atoms with Crippen molar-refractivity contribution in [3.05, 3.63) is 56.4 Å². The number of benzene rings is 2. The number of fused-ring (bicyclic) bond motifs is 1. The molecule has 0 saturated heterocycles. The van der Waals surface area contributed by atoms with Gasteiger partial charge in [0.25, 0.3) is 0 Å². The first-order valence-corrected chi connectivity index (χ1v) is 7.74. The summed E-state index contributed by atoms with van der Waals surface area (Å²) in [6.45, 7) is 0.684. The number of rotatable bonds is 3. The zero-order chi connectivity index (χ0) is 13.2. The SMILES string of the molecule is Clc1cnc(CNc2ccc(Br)c3ccccc23)s1. The predicted molar refractivity (Wildman–Crippen MR) is 86.1 cm³/mol. The summed E-state index contributed by atoms with van der Waals surface area (Å²) in [6, 6.07) is 12.4. The molecular formula is C14H10BrClN2S. The Morgan fingerprint density at radius 2 is 1.95 bits per heavy atom. The topological polar surface area (TPSA) is 24.9 Å². The third-order valence-corrected chi connectivity index (χ3v) is 4.63. The van der Waals surface area contributed by atoms with Gasteiger partial charge in [0.2, 0.25) is 0 Å². The molecule has 19 heavy (non-hydrogen) atoms. The zero-order valence-corrected chi connectivity index (χ0v) is 13.0. The molecule has 0 atom stereocenters. The Hall–Kier alpha value is -1.10. The molecule has 1 heterocycles. The van der Waals surface area contributed by atoms with Gasteiger partial charge in [-0.05, 0) is 17.5 Å². The van der Waals surface area contributed by atoms with Crippen molar-refractivity contribution in [3.63, 3.8) is 0 Å². The Kier molecular flexibility index (Phi) is 3.73. The standard InChI is InChI=1S/C14H10BrClN2S/c15-11-5-6-12(10-4-2-1-3-9(10)11)17-8-14-18-7-13(16)19-14/h1-7,17H,8H2. The zero-order valence-electron chi connectivity index (χ0n) is 9.86. The number of halogens is 2. The molecule has 5 heteroatoms. The highest BCUT2D eigenvalue weighted by atomic mass is 79.9. The largest absolute Gasteiger partial charge is 0.378 e. The number of aromatic nitrogens is 1. The number of nitrogens with zero attached hydrogens (tertiary/aromatic N) is 1. The van der Waals surface area contributed by atoms with E-state index in [2.05, 4.69) is 50.5 Å². The molecular weight excluding hydrogens is 344 g/mol. The summed E-state index contributed by atoms with van der Waals surface area (Å²) in [5.74, 6) is 0.